The molecule has 1 aliphatic carbocycles. The molecule has 2 N–H and O–H groups in total. The lowest BCUT2D eigenvalue weighted by molar-refractivity contribution is -0.117. The number of hydrogen-bond donors (Lipinski definition) is 2. The van der Waals surface area contributed by atoms with Crippen LogP contribution >= 0.6 is 23.2 Å². The van der Waals surface area contributed by atoms with Crippen LogP contribution in [0.1, 0.15) is 18.4 Å². The first kappa shape index (κ1) is 19.8. The number of halogens is 3. The summed E-state index contributed by atoms with van der Waals surface area (Å²) in [4.78, 5) is 37.9. The molecule has 0 radical (unpaired) electrons. The number of aromatic nitrogens is 3. The normalized spacial score (nSPS) is 15.7. The van der Waals surface area contributed by atoms with Crippen LogP contribution in [0.15, 0.2) is 33.9 Å². The van der Waals surface area contributed by atoms with E-state index in [1.807, 2.05) is 0 Å². The zero-order chi connectivity index (χ0) is 22.1. The first-order chi connectivity index (χ1) is 14.7. The quantitative estimate of drug-likeness (QED) is 0.620. The number of H-pyrrole nitrogens is 1. The molecule has 1 aliphatic heterocycles. The highest BCUT2D eigenvalue weighted by Gasteiger charge is 2.58. The Morgan fingerprint density at radius 2 is 1.84 bits per heavy atom. The number of amides is 1. The molecule has 31 heavy (non-hydrogen) atoms. The molecule has 8 nitrogen and oxygen atoms in total. The van der Waals surface area contributed by atoms with Gasteiger partial charge in [0, 0.05) is 23.9 Å². The Morgan fingerprint density at radius 3 is 2.48 bits per heavy atom. The average molecular weight is 463 g/mol. The molecule has 0 atom stereocenters. The molecule has 1 amide bonds. The van der Waals surface area contributed by atoms with Crippen molar-refractivity contribution < 1.29 is 13.9 Å². The molecule has 1 saturated carbocycles. The minimum Gasteiger partial charge on any atom is -0.451 e. The first-order valence-corrected chi connectivity index (χ1v) is 9.96. The van der Waals surface area contributed by atoms with E-state index in [9.17, 15) is 14.4 Å². The van der Waals surface area contributed by atoms with Crippen LogP contribution in [0.4, 0.5) is 10.1 Å². The van der Waals surface area contributed by atoms with Gasteiger partial charge in [-0.25, -0.2) is 13.9 Å². The van der Waals surface area contributed by atoms with E-state index in [1.165, 1.54) is 25.2 Å². The monoisotopic (exact) mass is 462 g/mol. The van der Waals surface area contributed by atoms with Crippen molar-refractivity contribution in [2.24, 2.45) is 7.05 Å². The molecule has 1 spiro atoms. The molecule has 0 bridgehead atoms. The van der Waals surface area contributed by atoms with Gasteiger partial charge in [-0.3, -0.25) is 14.6 Å². The summed E-state index contributed by atoms with van der Waals surface area (Å²) in [6.45, 7) is 0. The summed E-state index contributed by atoms with van der Waals surface area (Å²) in [5.74, 6) is -1.01. The highest BCUT2D eigenvalue weighted by atomic mass is 35.5. The van der Waals surface area contributed by atoms with Crippen LogP contribution in [-0.4, -0.2) is 20.7 Å². The Kier molecular flexibility index (Phi) is 4.25. The third-order valence-electron chi connectivity index (χ3n) is 5.48. The van der Waals surface area contributed by atoms with Gasteiger partial charge >= 0.3 is 5.69 Å². The molecular formula is C20H13Cl2FN4O4. The minimum atomic E-state index is -0.827. The second-order valence-corrected chi connectivity index (χ2v) is 8.25. The van der Waals surface area contributed by atoms with Crippen LogP contribution in [0.25, 0.3) is 11.3 Å². The van der Waals surface area contributed by atoms with E-state index < -0.39 is 22.5 Å². The number of aromatic amines is 1. The largest absolute Gasteiger partial charge is 0.451 e. The van der Waals surface area contributed by atoms with Crippen LogP contribution in [0.3, 0.4) is 0 Å². The van der Waals surface area contributed by atoms with E-state index in [0.29, 0.717) is 24.1 Å². The number of aryl methyl sites for hydroxylation is 1. The zero-order valence-electron chi connectivity index (χ0n) is 15.9. The molecule has 0 unspecified atom stereocenters. The van der Waals surface area contributed by atoms with Crippen molar-refractivity contribution in [1.82, 2.24) is 14.8 Å². The molecule has 1 aromatic heterocycles. The second-order valence-electron chi connectivity index (χ2n) is 7.44. The molecular weight excluding hydrogens is 450 g/mol. The van der Waals surface area contributed by atoms with Crippen molar-refractivity contribution in [3.63, 3.8) is 0 Å². The van der Waals surface area contributed by atoms with Crippen molar-refractivity contribution in [1.29, 1.82) is 0 Å². The number of rotatable bonds is 3. The van der Waals surface area contributed by atoms with E-state index in [4.69, 9.17) is 27.9 Å². The smallest absolute Gasteiger partial charge is 0.344 e. The van der Waals surface area contributed by atoms with Crippen molar-refractivity contribution >= 4 is 34.8 Å². The Hall–Kier alpha value is -3.17. The minimum absolute atomic E-state index is 0.00721. The summed E-state index contributed by atoms with van der Waals surface area (Å²) in [6.07, 6.45) is 1.15. The number of anilines is 1. The predicted molar refractivity (Wildman–Crippen MR) is 112 cm³/mol. The van der Waals surface area contributed by atoms with E-state index in [1.54, 1.807) is 6.07 Å². The molecule has 2 aromatic carbocycles. The summed E-state index contributed by atoms with van der Waals surface area (Å²) < 4.78 is 21.9. The SMILES string of the molecule is Cn1nc(-c2cc(Cl)c(Oc3ccc4c(c3F)C3(CC3)C(=O)N4)c(Cl)c2)c(=O)[nH]c1=O. The van der Waals surface area contributed by atoms with E-state index in [2.05, 4.69) is 15.4 Å². The van der Waals surface area contributed by atoms with Gasteiger partial charge in [0.05, 0.1) is 15.5 Å². The van der Waals surface area contributed by atoms with Crippen LogP contribution in [0, 0.1) is 5.82 Å². The van der Waals surface area contributed by atoms with Gasteiger partial charge in [-0.15, -0.1) is 0 Å². The van der Waals surface area contributed by atoms with Crippen LogP contribution in [-0.2, 0) is 17.3 Å². The average Bonchev–Trinajstić information content (AvgIpc) is 3.45. The Labute approximate surface area is 183 Å². The summed E-state index contributed by atoms with van der Waals surface area (Å²) in [6, 6.07) is 5.71. The highest BCUT2D eigenvalue weighted by molar-refractivity contribution is 6.37. The van der Waals surface area contributed by atoms with Crippen molar-refractivity contribution in [3.05, 3.63) is 66.5 Å². The summed E-state index contributed by atoms with van der Waals surface area (Å²) in [7, 11) is 1.38. The maximum absolute atomic E-state index is 15.2. The van der Waals surface area contributed by atoms with Gasteiger partial charge in [0.1, 0.15) is 0 Å². The maximum Gasteiger partial charge on any atom is 0.344 e. The fourth-order valence-electron chi connectivity index (χ4n) is 3.74. The number of ether oxygens (including phenoxy) is 1. The summed E-state index contributed by atoms with van der Waals surface area (Å²) in [5, 5.41) is 6.63. The molecule has 5 rings (SSSR count). The highest BCUT2D eigenvalue weighted by Crippen LogP contribution is 2.57. The van der Waals surface area contributed by atoms with Crippen molar-refractivity contribution in [2.75, 3.05) is 5.32 Å². The number of nitrogens with zero attached hydrogens (tertiary/aromatic N) is 2. The molecule has 2 aliphatic rings. The lowest BCUT2D eigenvalue weighted by Crippen LogP contribution is -2.31. The van der Waals surface area contributed by atoms with Crippen LogP contribution in [0.5, 0.6) is 11.5 Å². The standard InChI is InChI=1S/C20H13Cl2FN4O4/c1-27-19(30)25-17(28)15(26-27)8-6-9(21)16(10(22)7-8)31-12-3-2-11-13(14(12)23)20(4-5-20)18(29)24-11/h2-3,6-7H,4-5H2,1H3,(H,24,29)(H,25,28,30). The third kappa shape index (κ3) is 2.95. The Bertz CT molecular complexity index is 1390. The predicted octanol–water partition coefficient (Wildman–Crippen LogP) is 3.36. The molecule has 11 heteroatoms. The fourth-order valence-corrected chi connectivity index (χ4v) is 4.30. The van der Waals surface area contributed by atoms with Crippen molar-refractivity contribution in [2.45, 2.75) is 18.3 Å². The molecule has 158 valence electrons. The number of benzene rings is 2. The van der Waals surface area contributed by atoms with Crippen LogP contribution in [0.2, 0.25) is 10.0 Å². The topological polar surface area (TPSA) is 106 Å². The lowest BCUT2D eigenvalue weighted by Gasteiger charge is -2.14. The Balaban J connectivity index is 1.55. The van der Waals surface area contributed by atoms with E-state index in [-0.39, 0.29) is 38.7 Å². The molecule has 2 heterocycles. The Morgan fingerprint density at radius 1 is 1.16 bits per heavy atom. The first-order valence-electron chi connectivity index (χ1n) is 9.20. The van der Waals surface area contributed by atoms with Gasteiger partial charge in [0.25, 0.3) is 5.56 Å². The third-order valence-corrected chi connectivity index (χ3v) is 6.04. The van der Waals surface area contributed by atoms with Gasteiger partial charge in [-0.1, -0.05) is 23.2 Å². The van der Waals surface area contributed by atoms with Gasteiger partial charge in [-0.05, 0) is 37.1 Å². The second kappa shape index (κ2) is 6.66. The maximum atomic E-state index is 15.2. The van der Waals surface area contributed by atoms with Gasteiger partial charge < -0.3 is 10.1 Å². The number of carbonyl (C=O) groups is 1. The van der Waals surface area contributed by atoms with Gasteiger partial charge in [0.2, 0.25) is 5.91 Å². The number of hydrogen-bond acceptors (Lipinski definition) is 5. The summed E-state index contributed by atoms with van der Waals surface area (Å²) >= 11 is 12.6. The number of carbonyl (C=O) groups excluding carboxylic acids is 1. The van der Waals surface area contributed by atoms with Gasteiger partial charge in [-0.2, -0.15) is 5.10 Å². The lowest BCUT2D eigenvalue weighted by atomic mass is 9.97. The fraction of sp³-hybridized carbons (Fsp3) is 0.200. The molecule has 1 fully saturated rings. The number of fused-ring (bicyclic) bond motifs is 2. The number of nitrogens with one attached hydrogen (secondary N) is 2. The van der Waals surface area contributed by atoms with Gasteiger partial charge in [0.15, 0.2) is 23.0 Å². The zero-order valence-corrected chi connectivity index (χ0v) is 17.4. The van der Waals surface area contributed by atoms with Crippen molar-refractivity contribution in [3.8, 4) is 22.8 Å². The van der Waals surface area contributed by atoms with E-state index >= 15 is 4.39 Å². The molecule has 0 saturated heterocycles. The van der Waals surface area contributed by atoms with Crippen LogP contribution < -0.4 is 21.3 Å². The summed E-state index contributed by atoms with van der Waals surface area (Å²) in [5.41, 5.74) is -1.30. The van der Waals surface area contributed by atoms with E-state index in [0.717, 1.165) is 4.68 Å². The molecule has 3 aromatic rings.